The van der Waals surface area contributed by atoms with Crippen molar-refractivity contribution in [1.82, 2.24) is 0 Å². The Morgan fingerprint density at radius 3 is 2.07 bits per heavy atom. The second-order valence-electron chi connectivity index (χ2n) is 2.56. The van der Waals surface area contributed by atoms with Gasteiger partial charge in [0, 0.05) is 19.2 Å². The molecule has 76 valence electrons. The number of carboxylic acid groups (broad SMARTS) is 1. The number of carbonyl (C=O) groups is 1. The Morgan fingerprint density at radius 2 is 1.71 bits per heavy atom. The van der Waals surface area contributed by atoms with Crippen molar-refractivity contribution >= 4 is 11.8 Å². The lowest BCUT2D eigenvalue weighted by Gasteiger charge is -2.14. The molecule has 14 heavy (non-hydrogen) atoms. The third kappa shape index (κ3) is 1.78. The normalized spacial score (nSPS) is 10.0. The highest BCUT2D eigenvalue weighted by Crippen LogP contribution is 2.23. The molecule has 0 saturated heterocycles. The fourth-order valence-corrected chi connectivity index (χ4v) is 0.951. The first-order valence-electron chi connectivity index (χ1n) is 3.54. The third-order valence-corrected chi connectivity index (χ3v) is 1.60. The van der Waals surface area contributed by atoms with Gasteiger partial charge in [0.2, 0.25) is 0 Å². The standard InChI is InChI=1S/C8H6F3NO2/c1-12(8(13)14)7-5(10)2-4(9)3-6(7)11/h2-3H,1H3,(H,13,14). The number of rotatable bonds is 1. The SMILES string of the molecule is CN(C(=O)O)c1c(F)cc(F)cc1F. The van der Waals surface area contributed by atoms with Gasteiger partial charge in [0.15, 0.2) is 11.6 Å². The Kier molecular flexibility index (Phi) is 2.64. The Hall–Kier alpha value is -1.72. The molecular weight excluding hydrogens is 199 g/mol. The van der Waals surface area contributed by atoms with Gasteiger partial charge in [-0.2, -0.15) is 0 Å². The van der Waals surface area contributed by atoms with E-state index in [-0.39, 0.29) is 0 Å². The molecule has 0 atom stereocenters. The van der Waals surface area contributed by atoms with Crippen molar-refractivity contribution < 1.29 is 23.1 Å². The van der Waals surface area contributed by atoms with Gasteiger partial charge in [-0.05, 0) is 0 Å². The Morgan fingerprint density at radius 1 is 1.29 bits per heavy atom. The van der Waals surface area contributed by atoms with Crippen LogP contribution in [0.15, 0.2) is 12.1 Å². The summed E-state index contributed by atoms with van der Waals surface area (Å²) in [5.41, 5.74) is -0.793. The second-order valence-corrected chi connectivity index (χ2v) is 2.56. The summed E-state index contributed by atoms with van der Waals surface area (Å²) < 4.78 is 38.3. The predicted molar refractivity (Wildman–Crippen MR) is 42.7 cm³/mol. The molecule has 0 aromatic heterocycles. The van der Waals surface area contributed by atoms with Crippen molar-refractivity contribution in [3.05, 3.63) is 29.6 Å². The maximum atomic E-state index is 12.9. The summed E-state index contributed by atoms with van der Waals surface area (Å²) in [6.45, 7) is 0. The Bertz CT molecular complexity index is 358. The van der Waals surface area contributed by atoms with Crippen molar-refractivity contribution in [3.8, 4) is 0 Å². The third-order valence-electron chi connectivity index (χ3n) is 1.60. The molecule has 6 heteroatoms. The van der Waals surface area contributed by atoms with Gasteiger partial charge in [0.1, 0.15) is 11.5 Å². The summed E-state index contributed by atoms with van der Waals surface area (Å²) >= 11 is 0. The summed E-state index contributed by atoms with van der Waals surface area (Å²) in [5.74, 6) is -3.61. The zero-order valence-electron chi connectivity index (χ0n) is 7.09. The largest absolute Gasteiger partial charge is 0.465 e. The fourth-order valence-electron chi connectivity index (χ4n) is 0.951. The topological polar surface area (TPSA) is 40.5 Å². The molecule has 0 spiro atoms. The second kappa shape index (κ2) is 3.57. The number of nitrogens with zero attached hydrogens (tertiary/aromatic N) is 1. The lowest BCUT2D eigenvalue weighted by atomic mass is 10.2. The van der Waals surface area contributed by atoms with E-state index in [1.807, 2.05) is 0 Å². The fraction of sp³-hybridized carbons (Fsp3) is 0.125. The first-order valence-corrected chi connectivity index (χ1v) is 3.54. The van der Waals surface area contributed by atoms with Crippen molar-refractivity contribution in [2.24, 2.45) is 0 Å². The van der Waals surface area contributed by atoms with Crippen LogP contribution in [0.5, 0.6) is 0 Å². The van der Waals surface area contributed by atoms with E-state index in [2.05, 4.69) is 0 Å². The molecule has 0 aliphatic rings. The zero-order chi connectivity index (χ0) is 10.9. The van der Waals surface area contributed by atoms with E-state index in [0.717, 1.165) is 7.05 Å². The van der Waals surface area contributed by atoms with E-state index >= 15 is 0 Å². The van der Waals surface area contributed by atoms with Crippen LogP contribution in [0.1, 0.15) is 0 Å². The first-order chi connectivity index (χ1) is 6.43. The Labute approximate surface area is 77.4 Å². The lowest BCUT2D eigenvalue weighted by Crippen LogP contribution is -2.26. The van der Waals surface area contributed by atoms with Crippen molar-refractivity contribution in [3.63, 3.8) is 0 Å². The van der Waals surface area contributed by atoms with Crippen LogP contribution in [0.25, 0.3) is 0 Å². The van der Waals surface area contributed by atoms with Crippen LogP contribution in [0.2, 0.25) is 0 Å². The number of hydrogen-bond donors (Lipinski definition) is 1. The number of benzene rings is 1. The molecule has 1 aromatic rings. The smallest absolute Gasteiger partial charge is 0.411 e. The van der Waals surface area contributed by atoms with Gasteiger partial charge in [-0.25, -0.2) is 18.0 Å². The molecule has 0 unspecified atom stereocenters. The summed E-state index contributed by atoms with van der Waals surface area (Å²) in [6.07, 6.45) is -1.53. The predicted octanol–water partition coefficient (Wildman–Crippen LogP) is 2.22. The van der Waals surface area contributed by atoms with Gasteiger partial charge >= 0.3 is 6.09 Å². The first kappa shape index (κ1) is 10.4. The average Bonchev–Trinajstić information content (AvgIpc) is 2.01. The molecule has 0 radical (unpaired) electrons. The highest BCUT2D eigenvalue weighted by Gasteiger charge is 2.19. The van der Waals surface area contributed by atoms with Crippen LogP contribution < -0.4 is 4.90 Å². The van der Waals surface area contributed by atoms with Crippen LogP contribution >= 0.6 is 0 Å². The molecule has 0 aliphatic carbocycles. The minimum Gasteiger partial charge on any atom is -0.465 e. The minimum absolute atomic E-state index is 0.337. The summed E-state index contributed by atoms with van der Waals surface area (Å²) in [6, 6.07) is 0.829. The number of hydrogen-bond acceptors (Lipinski definition) is 1. The lowest BCUT2D eigenvalue weighted by molar-refractivity contribution is 0.203. The summed E-state index contributed by atoms with van der Waals surface area (Å²) in [4.78, 5) is 10.7. The van der Waals surface area contributed by atoms with Crippen LogP contribution in [0, 0.1) is 17.5 Å². The molecule has 0 saturated carbocycles. The molecule has 1 rings (SSSR count). The van der Waals surface area contributed by atoms with Gasteiger partial charge < -0.3 is 5.11 Å². The van der Waals surface area contributed by atoms with Crippen LogP contribution in [0.3, 0.4) is 0 Å². The van der Waals surface area contributed by atoms with Gasteiger partial charge in [0.05, 0.1) is 0 Å². The van der Waals surface area contributed by atoms with Crippen LogP contribution in [-0.4, -0.2) is 18.2 Å². The quantitative estimate of drug-likeness (QED) is 0.763. The van der Waals surface area contributed by atoms with E-state index < -0.39 is 29.2 Å². The molecule has 1 amide bonds. The highest BCUT2D eigenvalue weighted by molar-refractivity contribution is 5.85. The van der Waals surface area contributed by atoms with E-state index in [9.17, 15) is 18.0 Å². The maximum Gasteiger partial charge on any atom is 0.411 e. The van der Waals surface area contributed by atoms with E-state index in [0.29, 0.717) is 17.0 Å². The molecule has 0 aliphatic heterocycles. The molecule has 0 heterocycles. The van der Waals surface area contributed by atoms with Crippen molar-refractivity contribution in [1.29, 1.82) is 0 Å². The van der Waals surface area contributed by atoms with E-state index in [1.54, 1.807) is 0 Å². The van der Waals surface area contributed by atoms with Crippen LogP contribution in [0.4, 0.5) is 23.7 Å². The Balaban J connectivity index is 3.27. The van der Waals surface area contributed by atoms with Crippen LogP contribution in [-0.2, 0) is 0 Å². The summed E-state index contributed by atoms with van der Waals surface area (Å²) in [7, 11) is 0.960. The highest BCUT2D eigenvalue weighted by atomic mass is 19.1. The van der Waals surface area contributed by atoms with Crippen molar-refractivity contribution in [2.45, 2.75) is 0 Å². The number of halogens is 3. The monoisotopic (exact) mass is 205 g/mol. The molecular formula is C8H6F3NO2. The number of amides is 1. The maximum absolute atomic E-state index is 12.9. The van der Waals surface area contributed by atoms with Gasteiger partial charge in [-0.1, -0.05) is 0 Å². The molecule has 1 N–H and O–H groups in total. The van der Waals surface area contributed by atoms with Gasteiger partial charge in [0.25, 0.3) is 0 Å². The number of anilines is 1. The van der Waals surface area contributed by atoms with E-state index in [1.165, 1.54) is 0 Å². The van der Waals surface area contributed by atoms with Crippen molar-refractivity contribution in [2.75, 3.05) is 11.9 Å². The molecule has 1 aromatic carbocycles. The van der Waals surface area contributed by atoms with E-state index in [4.69, 9.17) is 5.11 Å². The molecule has 3 nitrogen and oxygen atoms in total. The molecule has 0 bridgehead atoms. The minimum atomic E-state index is -1.53. The summed E-state index contributed by atoms with van der Waals surface area (Å²) in [5, 5.41) is 8.45. The van der Waals surface area contributed by atoms with Gasteiger partial charge in [-0.15, -0.1) is 0 Å². The molecule has 0 fully saturated rings. The van der Waals surface area contributed by atoms with Gasteiger partial charge in [-0.3, -0.25) is 4.90 Å². The zero-order valence-corrected chi connectivity index (χ0v) is 7.09. The average molecular weight is 205 g/mol.